The van der Waals surface area contributed by atoms with Crippen molar-refractivity contribution in [3.63, 3.8) is 0 Å². The minimum atomic E-state index is -0.725. The molecule has 3 nitrogen and oxygen atoms in total. The summed E-state index contributed by atoms with van der Waals surface area (Å²) in [6.45, 7) is 19.8. The summed E-state index contributed by atoms with van der Waals surface area (Å²) < 4.78 is 6.06. The Labute approximate surface area is 176 Å². The van der Waals surface area contributed by atoms with Gasteiger partial charge >= 0.3 is 0 Å². The summed E-state index contributed by atoms with van der Waals surface area (Å²) in [7, 11) is 3.87. The van der Waals surface area contributed by atoms with Gasteiger partial charge in [-0.05, 0) is 19.8 Å². The molecule has 3 atom stereocenters. The number of Topliss-reactive ketones (excluding diaryl/α,β-unsaturated/α-hetero) is 1. The molecule has 2 fully saturated rings. The van der Waals surface area contributed by atoms with E-state index in [0.29, 0.717) is 31.3 Å². The first kappa shape index (κ1) is 24.1. The van der Waals surface area contributed by atoms with E-state index in [0.717, 1.165) is 24.7 Å². The van der Waals surface area contributed by atoms with E-state index in [1.807, 2.05) is 27.7 Å². The standard InChI is InChI=1S/C21H43B4NO2/c1-18(2,3)17(27)11-12-21(8,26)28-14-13-19(4,5)24(22)15-9-10-16(15)25-20(6,7)23-25/h15-16,23H,9-14,22,26H2,1-8H3. The van der Waals surface area contributed by atoms with E-state index in [2.05, 4.69) is 35.4 Å². The molecule has 1 aliphatic carbocycles. The van der Waals surface area contributed by atoms with Crippen molar-refractivity contribution in [3.8, 4) is 0 Å². The van der Waals surface area contributed by atoms with Crippen LogP contribution >= 0.6 is 0 Å². The second kappa shape index (κ2) is 8.17. The fraction of sp³-hybridized carbons (Fsp3) is 0.952. The van der Waals surface area contributed by atoms with E-state index in [4.69, 9.17) is 10.5 Å². The van der Waals surface area contributed by atoms with Gasteiger partial charge in [-0.15, -0.1) is 0 Å². The predicted octanol–water partition coefficient (Wildman–Crippen LogP) is 3.58. The Hall–Kier alpha value is -0.150. The largest absolute Gasteiger partial charge is 0.361 e. The van der Waals surface area contributed by atoms with Crippen molar-refractivity contribution >= 4 is 33.9 Å². The third-order valence-electron chi connectivity index (χ3n) is 8.23. The number of hydrogen-bond acceptors (Lipinski definition) is 3. The average Bonchev–Trinajstić information content (AvgIpc) is 3.09. The van der Waals surface area contributed by atoms with E-state index in [1.54, 1.807) is 0 Å². The van der Waals surface area contributed by atoms with E-state index in [-0.39, 0.29) is 16.5 Å². The summed E-state index contributed by atoms with van der Waals surface area (Å²) in [5, 5.41) is 0.835. The molecular formula is C21H43B4NO2. The van der Waals surface area contributed by atoms with Gasteiger partial charge in [-0.3, -0.25) is 4.79 Å². The van der Waals surface area contributed by atoms with Crippen molar-refractivity contribution in [2.45, 2.75) is 115 Å². The summed E-state index contributed by atoms with van der Waals surface area (Å²) in [5.41, 5.74) is 5.31. The third kappa shape index (κ3) is 5.94. The third-order valence-corrected chi connectivity index (χ3v) is 8.23. The van der Waals surface area contributed by atoms with Crippen molar-refractivity contribution in [2.75, 3.05) is 6.61 Å². The first-order valence-corrected chi connectivity index (χ1v) is 11.5. The van der Waals surface area contributed by atoms with Gasteiger partial charge in [0.2, 0.25) is 0 Å². The molecule has 156 valence electrons. The lowest BCUT2D eigenvalue weighted by atomic mass is 9.10. The lowest BCUT2D eigenvalue weighted by Crippen LogP contribution is -2.44. The van der Waals surface area contributed by atoms with E-state index in [9.17, 15) is 4.79 Å². The molecule has 0 aromatic heterocycles. The van der Waals surface area contributed by atoms with Crippen LogP contribution in [0.5, 0.6) is 0 Å². The summed E-state index contributed by atoms with van der Waals surface area (Å²) in [4.78, 5) is 12.2. The highest BCUT2D eigenvalue weighted by Gasteiger charge is 2.59. The van der Waals surface area contributed by atoms with Crippen LogP contribution in [0.2, 0.25) is 22.2 Å². The molecule has 3 unspecified atom stereocenters. The average molecular weight is 385 g/mol. The number of rotatable bonds is 10. The van der Waals surface area contributed by atoms with Crippen molar-refractivity contribution in [3.05, 3.63) is 0 Å². The Morgan fingerprint density at radius 1 is 1.21 bits per heavy atom. The topological polar surface area (TPSA) is 52.3 Å². The van der Waals surface area contributed by atoms with E-state index >= 15 is 0 Å². The fourth-order valence-corrected chi connectivity index (χ4v) is 5.07. The van der Waals surface area contributed by atoms with Crippen LogP contribution in [0.4, 0.5) is 0 Å². The SMILES string of the molecule is BB(C1CCC1B1BC1(C)C)C(C)(C)CCOC(C)(N)CCC(=O)C(C)(C)C. The highest BCUT2D eigenvalue weighted by molar-refractivity contribution is 7.35. The molecule has 0 radical (unpaired) electrons. The van der Waals surface area contributed by atoms with Crippen LogP contribution in [0.1, 0.15) is 87.5 Å². The van der Waals surface area contributed by atoms with Crippen LogP contribution in [-0.4, -0.2) is 46.2 Å². The molecule has 1 saturated carbocycles. The Morgan fingerprint density at radius 3 is 2.21 bits per heavy atom. The number of ketones is 1. The zero-order chi connectivity index (χ0) is 21.5. The maximum atomic E-state index is 12.2. The highest BCUT2D eigenvalue weighted by Crippen LogP contribution is 2.61. The zero-order valence-electron chi connectivity index (χ0n) is 20.2. The molecule has 28 heavy (non-hydrogen) atoms. The van der Waals surface area contributed by atoms with Gasteiger partial charge in [-0.1, -0.05) is 83.5 Å². The maximum Gasteiger partial charge on any atom is 0.138 e. The fourth-order valence-electron chi connectivity index (χ4n) is 5.07. The van der Waals surface area contributed by atoms with Crippen LogP contribution in [0.25, 0.3) is 0 Å². The van der Waals surface area contributed by atoms with E-state index in [1.165, 1.54) is 20.0 Å². The predicted molar refractivity (Wildman–Crippen MR) is 129 cm³/mol. The lowest BCUT2D eigenvalue weighted by molar-refractivity contribution is -0.128. The Bertz CT molecular complexity index is 571. The Morgan fingerprint density at radius 2 is 1.79 bits per heavy atom. The number of carbonyl (C=O) groups is 1. The van der Waals surface area contributed by atoms with Gasteiger partial charge in [-0.25, -0.2) is 0 Å². The quantitative estimate of drug-likeness (QED) is 0.462. The van der Waals surface area contributed by atoms with Crippen molar-refractivity contribution in [1.29, 1.82) is 0 Å². The first-order chi connectivity index (χ1) is 12.6. The van der Waals surface area contributed by atoms with Gasteiger partial charge in [0.15, 0.2) is 0 Å². The number of carbonyl (C=O) groups excluding carboxylic acids is 1. The summed E-state index contributed by atoms with van der Waals surface area (Å²) >= 11 is 0. The van der Waals surface area contributed by atoms with Crippen molar-refractivity contribution in [2.24, 2.45) is 11.1 Å². The number of nitrogens with two attached hydrogens (primary N) is 1. The molecular weight excluding hydrogens is 341 g/mol. The number of hydrogen-bond donors (Lipinski definition) is 1. The van der Waals surface area contributed by atoms with Crippen LogP contribution in [0.15, 0.2) is 0 Å². The Balaban J connectivity index is 1.78. The van der Waals surface area contributed by atoms with Gasteiger partial charge in [0.05, 0.1) is 14.9 Å². The van der Waals surface area contributed by atoms with Gasteiger partial charge in [0.25, 0.3) is 0 Å². The molecule has 1 saturated heterocycles. The summed E-state index contributed by atoms with van der Waals surface area (Å²) in [6, 6.07) is 0. The number of ether oxygens (including phenoxy) is 1. The summed E-state index contributed by atoms with van der Waals surface area (Å²) in [6.07, 6.45) is 4.91. The normalized spacial score (nSPS) is 26.1. The minimum absolute atomic E-state index is 0.250. The molecule has 2 rings (SSSR count). The molecule has 0 amide bonds. The molecule has 0 spiro atoms. The molecule has 0 aromatic rings. The van der Waals surface area contributed by atoms with Crippen LogP contribution in [0, 0.1) is 5.41 Å². The molecule has 2 N–H and O–H groups in total. The van der Waals surface area contributed by atoms with Crippen LogP contribution in [0.3, 0.4) is 0 Å². The second-order valence-corrected chi connectivity index (χ2v) is 12.6. The van der Waals surface area contributed by atoms with Gasteiger partial charge in [0.1, 0.15) is 24.7 Å². The second-order valence-electron chi connectivity index (χ2n) is 12.6. The first-order valence-electron chi connectivity index (χ1n) is 11.5. The van der Waals surface area contributed by atoms with Gasteiger partial charge in [0, 0.05) is 18.4 Å². The zero-order valence-corrected chi connectivity index (χ0v) is 20.2. The molecule has 0 bridgehead atoms. The molecule has 1 heterocycles. The Kier molecular flexibility index (Phi) is 7.04. The van der Waals surface area contributed by atoms with Gasteiger partial charge < -0.3 is 10.5 Å². The maximum absolute atomic E-state index is 12.2. The van der Waals surface area contributed by atoms with Crippen molar-refractivity contribution < 1.29 is 9.53 Å². The summed E-state index contributed by atoms with van der Waals surface area (Å²) in [5.74, 6) is 2.06. The molecule has 1 aliphatic heterocycles. The van der Waals surface area contributed by atoms with Crippen molar-refractivity contribution in [1.82, 2.24) is 0 Å². The van der Waals surface area contributed by atoms with Gasteiger partial charge in [-0.2, -0.15) is 0 Å². The minimum Gasteiger partial charge on any atom is -0.361 e. The van der Waals surface area contributed by atoms with Crippen LogP contribution in [-0.2, 0) is 9.53 Å². The van der Waals surface area contributed by atoms with Crippen LogP contribution < -0.4 is 5.73 Å². The smallest absolute Gasteiger partial charge is 0.138 e. The lowest BCUT2D eigenvalue weighted by Gasteiger charge is -2.47. The molecule has 2 aliphatic rings. The monoisotopic (exact) mass is 385 g/mol. The molecule has 7 heteroatoms. The highest BCUT2D eigenvalue weighted by atomic mass is 16.5. The molecule has 0 aromatic carbocycles. The van der Waals surface area contributed by atoms with E-state index < -0.39 is 5.72 Å².